The highest BCUT2D eigenvalue weighted by Gasteiger charge is 2.06. The Morgan fingerprint density at radius 2 is 1.89 bits per heavy atom. The summed E-state index contributed by atoms with van der Waals surface area (Å²) in [6.45, 7) is 11.9. The number of aliphatic imine (C=N–C) groups is 1. The largest absolute Gasteiger partial charge is 0.377 e. The van der Waals surface area contributed by atoms with Crippen LogP contribution in [0.5, 0.6) is 0 Å². The van der Waals surface area contributed by atoms with Gasteiger partial charge in [0.15, 0.2) is 5.96 Å². The molecule has 27 heavy (non-hydrogen) atoms. The van der Waals surface area contributed by atoms with Gasteiger partial charge in [0.05, 0.1) is 25.4 Å². The summed E-state index contributed by atoms with van der Waals surface area (Å²) in [7, 11) is 0. The van der Waals surface area contributed by atoms with Crippen molar-refractivity contribution in [3.8, 4) is 0 Å². The van der Waals surface area contributed by atoms with Crippen molar-refractivity contribution < 1.29 is 4.74 Å². The molecule has 0 unspecified atom stereocenters. The highest BCUT2D eigenvalue weighted by atomic mass is 127. The second-order valence-corrected chi connectivity index (χ2v) is 7.41. The SMILES string of the molecule is CCCOCc1ccccc1CN=C(NCC)NCc1nc(C)c(C)s1.I. The molecule has 1 aromatic carbocycles. The van der Waals surface area contributed by atoms with E-state index in [4.69, 9.17) is 9.73 Å². The summed E-state index contributed by atoms with van der Waals surface area (Å²) in [5.74, 6) is 0.808. The van der Waals surface area contributed by atoms with Gasteiger partial charge in [0.1, 0.15) is 5.01 Å². The van der Waals surface area contributed by atoms with Gasteiger partial charge in [-0.1, -0.05) is 31.2 Å². The summed E-state index contributed by atoms with van der Waals surface area (Å²) >= 11 is 1.73. The Labute approximate surface area is 184 Å². The van der Waals surface area contributed by atoms with Crippen LogP contribution in [0.4, 0.5) is 0 Å². The molecule has 0 fully saturated rings. The lowest BCUT2D eigenvalue weighted by Crippen LogP contribution is -2.36. The van der Waals surface area contributed by atoms with Crippen LogP contribution >= 0.6 is 35.3 Å². The molecule has 0 radical (unpaired) electrons. The van der Waals surface area contributed by atoms with Crippen LogP contribution < -0.4 is 10.6 Å². The second-order valence-electron chi connectivity index (χ2n) is 6.12. The highest BCUT2D eigenvalue weighted by molar-refractivity contribution is 14.0. The Hall–Kier alpha value is -1.19. The lowest BCUT2D eigenvalue weighted by molar-refractivity contribution is 0.121. The minimum absolute atomic E-state index is 0. The predicted molar refractivity (Wildman–Crippen MR) is 125 cm³/mol. The number of nitrogens with one attached hydrogen (secondary N) is 2. The Morgan fingerprint density at radius 1 is 1.15 bits per heavy atom. The van der Waals surface area contributed by atoms with Crippen molar-refractivity contribution in [1.29, 1.82) is 0 Å². The zero-order chi connectivity index (χ0) is 18.8. The molecule has 7 heteroatoms. The quantitative estimate of drug-likeness (QED) is 0.229. The number of thiazole rings is 1. The van der Waals surface area contributed by atoms with E-state index in [1.54, 1.807) is 11.3 Å². The Bertz CT molecular complexity index is 698. The zero-order valence-electron chi connectivity index (χ0n) is 16.7. The lowest BCUT2D eigenvalue weighted by Gasteiger charge is -2.12. The van der Waals surface area contributed by atoms with Gasteiger partial charge in [-0.3, -0.25) is 0 Å². The van der Waals surface area contributed by atoms with E-state index >= 15 is 0 Å². The summed E-state index contributed by atoms with van der Waals surface area (Å²) in [5.41, 5.74) is 3.50. The van der Waals surface area contributed by atoms with Crippen molar-refractivity contribution in [2.45, 2.75) is 53.8 Å². The zero-order valence-corrected chi connectivity index (χ0v) is 19.8. The van der Waals surface area contributed by atoms with E-state index in [1.807, 2.05) is 6.92 Å². The molecular formula is C20H31IN4OS. The van der Waals surface area contributed by atoms with Crippen molar-refractivity contribution >= 4 is 41.3 Å². The van der Waals surface area contributed by atoms with Gasteiger partial charge >= 0.3 is 0 Å². The van der Waals surface area contributed by atoms with Crippen molar-refractivity contribution in [1.82, 2.24) is 15.6 Å². The highest BCUT2D eigenvalue weighted by Crippen LogP contribution is 2.16. The average molecular weight is 502 g/mol. The Balaban J connectivity index is 0.00000364. The minimum atomic E-state index is 0. The molecule has 5 nitrogen and oxygen atoms in total. The van der Waals surface area contributed by atoms with E-state index in [2.05, 4.69) is 60.7 Å². The summed E-state index contributed by atoms with van der Waals surface area (Å²) in [5, 5.41) is 7.76. The van der Waals surface area contributed by atoms with Gasteiger partial charge in [0, 0.05) is 18.0 Å². The third-order valence-corrected chi connectivity index (χ3v) is 5.03. The first-order valence-corrected chi connectivity index (χ1v) is 10.0. The van der Waals surface area contributed by atoms with E-state index in [0.29, 0.717) is 19.7 Å². The molecule has 0 saturated carbocycles. The van der Waals surface area contributed by atoms with Crippen LogP contribution in [0.2, 0.25) is 0 Å². The van der Waals surface area contributed by atoms with Crippen molar-refractivity contribution in [3.05, 3.63) is 51.0 Å². The Morgan fingerprint density at radius 3 is 2.52 bits per heavy atom. The number of hydrogen-bond acceptors (Lipinski definition) is 4. The number of halogens is 1. The number of aryl methyl sites for hydroxylation is 2. The molecule has 0 amide bonds. The molecule has 0 bridgehead atoms. The topological polar surface area (TPSA) is 58.5 Å². The molecule has 150 valence electrons. The summed E-state index contributed by atoms with van der Waals surface area (Å²) in [6.07, 6.45) is 1.03. The summed E-state index contributed by atoms with van der Waals surface area (Å²) in [4.78, 5) is 10.6. The number of benzene rings is 1. The van der Waals surface area contributed by atoms with Crippen molar-refractivity contribution in [2.75, 3.05) is 13.2 Å². The molecule has 1 heterocycles. The second kappa shape index (κ2) is 13.1. The van der Waals surface area contributed by atoms with Gasteiger partial charge in [-0.15, -0.1) is 35.3 Å². The van der Waals surface area contributed by atoms with Crippen molar-refractivity contribution in [2.24, 2.45) is 4.99 Å². The van der Waals surface area contributed by atoms with Gasteiger partial charge in [-0.25, -0.2) is 9.98 Å². The summed E-state index contributed by atoms with van der Waals surface area (Å²) in [6, 6.07) is 8.33. The van der Waals surface area contributed by atoms with Crippen LogP contribution in [0.25, 0.3) is 0 Å². The first-order valence-electron chi connectivity index (χ1n) is 9.23. The fraction of sp³-hybridized carbons (Fsp3) is 0.500. The predicted octanol–water partition coefficient (Wildman–Crippen LogP) is 4.56. The molecule has 1 aromatic heterocycles. The first kappa shape index (κ1) is 23.8. The van der Waals surface area contributed by atoms with Gasteiger partial charge < -0.3 is 15.4 Å². The number of hydrogen-bond donors (Lipinski definition) is 2. The van der Waals surface area contributed by atoms with Crippen LogP contribution in [-0.2, 0) is 24.4 Å². The molecule has 0 atom stereocenters. The van der Waals surface area contributed by atoms with E-state index < -0.39 is 0 Å². The number of aromatic nitrogens is 1. The van der Waals surface area contributed by atoms with E-state index in [1.165, 1.54) is 16.0 Å². The summed E-state index contributed by atoms with van der Waals surface area (Å²) < 4.78 is 5.70. The van der Waals surface area contributed by atoms with E-state index in [-0.39, 0.29) is 24.0 Å². The fourth-order valence-electron chi connectivity index (χ4n) is 2.46. The van der Waals surface area contributed by atoms with Crippen LogP contribution in [0.3, 0.4) is 0 Å². The fourth-order valence-corrected chi connectivity index (χ4v) is 3.33. The van der Waals surface area contributed by atoms with Gasteiger partial charge in [0.2, 0.25) is 0 Å². The molecule has 0 spiro atoms. The molecule has 0 aliphatic heterocycles. The van der Waals surface area contributed by atoms with Crippen LogP contribution in [0.15, 0.2) is 29.3 Å². The third kappa shape index (κ3) is 8.15. The average Bonchev–Trinajstić information content (AvgIpc) is 2.96. The lowest BCUT2D eigenvalue weighted by atomic mass is 10.1. The van der Waals surface area contributed by atoms with Crippen LogP contribution in [0.1, 0.15) is 47.0 Å². The Kier molecular flexibility index (Phi) is 11.5. The van der Waals surface area contributed by atoms with Gasteiger partial charge in [-0.05, 0) is 38.3 Å². The monoisotopic (exact) mass is 502 g/mol. The van der Waals surface area contributed by atoms with Crippen LogP contribution in [0, 0.1) is 13.8 Å². The maximum atomic E-state index is 5.70. The van der Waals surface area contributed by atoms with Gasteiger partial charge in [-0.2, -0.15) is 0 Å². The number of guanidine groups is 1. The number of nitrogens with zero attached hydrogens (tertiary/aromatic N) is 2. The third-order valence-electron chi connectivity index (χ3n) is 3.96. The standard InChI is InChI=1S/C20H30N4OS.HI/c1-5-11-25-14-18-10-8-7-9-17(18)12-22-20(21-6-2)23-13-19-24-15(3)16(4)26-19;/h7-10H,5-6,11-14H2,1-4H3,(H2,21,22,23);1H. The molecule has 0 aliphatic carbocycles. The minimum Gasteiger partial charge on any atom is -0.377 e. The number of rotatable bonds is 9. The van der Waals surface area contributed by atoms with Gasteiger partial charge in [0.25, 0.3) is 0 Å². The van der Waals surface area contributed by atoms with Crippen molar-refractivity contribution in [3.63, 3.8) is 0 Å². The normalized spacial score (nSPS) is 11.2. The number of ether oxygens (including phenoxy) is 1. The van der Waals surface area contributed by atoms with Crippen LogP contribution in [-0.4, -0.2) is 24.1 Å². The molecule has 2 aromatic rings. The maximum absolute atomic E-state index is 5.70. The molecule has 0 aliphatic rings. The van der Waals surface area contributed by atoms with E-state index in [0.717, 1.165) is 36.2 Å². The molecule has 2 rings (SSSR count). The smallest absolute Gasteiger partial charge is 0.191 e. The maximum Gasteiger partial charge on any atom is 0.191 e. The first-order chi connectivity index (χ1) is 12.6. The molecular weight excluding hydrogens is 471 g/mol. The van der Waals surface area contributed by atoms with E-state index in [9.17, 15) is 0 Å². The molecule has 2 N–H and O–H groups in total. The molecule has 0 saturated heterocycles.